The van der Waals surface area contributed by atoms with Crippen molar-refractivity contribution in [2.45, 2.75) is 19.4 Å². The first-order chi connectivity index (χ1) is 8.77. The zero-order valence-electron chi connectivity index (χ0n) is 11.0. The molecule has 0 bridgehead atoms. The molecule has 2 atom stereocenters. The molecule has 2 aromatic heterocycles. The Balaban J connectivity index is 1.95. The number of rotatable bonds is 2. The van der Waals surface area contributed by atoms with Gasteiger partial charge in [-0.1, -0.05) is 6.92 Å². The molecule has 96 valence electrons. The molecule has 0 unspecified atom stereocenters. The molecule has 1 aliphatic rings. The van der Waals surface area contributed by atoms with E-state index in [1.165, 1.54) is 17.5 Å². The summed E-state index contributed by atoms with van der Waals surface area (Å²) in [4.78, 5) is 9.92. The van der Waals surface area contributed by atoms with Crippen LogP contribution < -0.4 is 10.2 Å². The summed E-state index contributed by atoms with van der Waals surface area (Å²) in [6.45, 7) is 4.55. The van der Waals surface area contributed by atoms with Gasteiger partial charge in [-0.3, -0.25) is 0 Å². The van der Waals surface area contributed by atoms with Crippen LogP contribution in [0.25, 0.3) is 11.0 Å². The van der Waals surface area contributed by atoms with Crippen LogP contribution >= 0.6 is 0 Å². The van der Waals surface area contributed by atoms with Gasteiger partial charge in [0, 0.05) is 43.1 Å². The number of nitrogens with one attached hydrogen (secondary N) is 2. The highest BCUT2D eigenvalue weighted by molar-refractivity contribution is 5.89. The number of hydrogen-bond acceptors (Lipinski definition) is 3. The number of piperidine rings is 1. The van der Waals surface area contributed by atoms with Gasteiger partial charge < -0.3 is 15.2 Å². The lowest BCUT2D eigenvalue weighted by molar-refractivity contribution is 0.339. The molecule has 3 rings (SSSR count). The topological polar surface area (TPSA) is 44.0 Å². The van der Waals surface area contributed by atoms with E-state index in [1.807, 2.05) is 12.4 Å². The molecule has 0 radical (unpaired) electrons. The van der Waals surface area contributed by atoms with Crippen molar-refractivity contribution < 1.29 is 0 Å². The summed E-state index contributed by atoms with van der Waals surface area (Å²) in [6.07, 6.45) is 5.08. The van der Waals surface area contributed by atoms with Crippen LogP contribution in [0.5, 0.6) is 0 Å². The third-order valence-electron chi connectivity index (χ3n) is 4.10. The Kier molecular flexibility index (Phi) is 2.96. The van der Waals surface area contributed by atoms with Crippen LogP contribution in [0.15, 0.2) is 24.5 Å². The number of fused-ring (bicyclic) bond motifs is 1. The van der Waals surface area contributed by atoms with E-state index in [0.29, 0.717) is 6.04 Å². The first-order valence-electron chi connectivity index (χ1n) is 6.63. The molecule has 0 aliphatic carbocycles. The van der Waals surface area contributed by atoms with E-state index in [9.17, 15) is 0 Å². The summed E-state index contributed by atoms with van der Waals surface area (Å²) < 4.78 is 0. The lowest BCUT2D eigenvalue weighted by Crippen LogP contribution is -2.49. The van der Waals surface area contributed by atoms with Crippen molar-refractivity contribution in [3.8, 4) is 0 Å². The van der Waals surface area contributed by atoms with Gasteiger partial charge in [-0.2, -0.15) is 0 Å². The van der Waals surface area contributed by atoms with E-state index in [1.54, 1.807) is 0 Å². The van der Waals surface area contributed by atoms with Gasteiger partial charge >= 0.3 is 0 Å². The van der Waals surface area contributed by atoms with Gasteiger partial charge in [0.25, 0.3) is 0 Å². The van der Waals surface area contributed by atoms with E-state index in [0.717, 1.165) is 24.7 Å². The van der Waals surface area contributed by atoms with Crippen molar-refractivity contribution in [2.24, 2.45) is 5.92 Å². The summed E-state index contributed by atoms with van der Waals surface area (Å²) in [5.74, 6) is 0.721. The SMILES string of the molecule is C[C@@H]1CCNC[C@@H]1N(C)c1ccnc2[nH]ccc12. The van der Waals surface area contributed by atoms with E-state index in [-0.39, 0.29) is 0 Å². The number of aromatic amines is 1. The fourth-order valence-electron chi connectivity index (χ4n) is 2.92. The van der Waals surface area contributed by atoms with Crippen LogP contribution in [0.4, 0.5) is 5.69 Å². The fraction of sp³-hybridized carbons (Fsp3) is 0.500. The van der Waals surface area contributed by atoms with E-state index < -0.39 is 0 Å². The quantitative estimate of drug-likeness (QED) is 0.849. The predicted molar refractivity (Wildman–Crippen MR) is 74.9 cm³/mol. The third-order valence-corrected chi connectivity index (χ3v) is 4.10. The van der Waals surface area contributed by atoms with Gasteiger partial charge in [0.15, 0.2) is 0 Å². The molecule has 0 saturated carbocycles. The molecular formula is C14H20N4. The monoisotopic (exact) mass is 244 g/mol. The smallest absolute Gasteiger partial charge is 0.139 e. The third kappa shape index (κ3) is 1.86. The molecule has 3 heterocycles. The van der Waals surface area contributed by atoms with Crippen LogP contribution in [0.3, 0.4) is 0 Å². The fourth-order valence-corrected chi connectivity index (χ4v) is 2.92. The Bertz CT molecular complexity index is 533. The van der Waals surface area contributed by atoms with Crippen molar-refractivity contribution in [1.82, 2.24) is 15.3 Å². The number of H-pyrrole nitrogens is 1. The number of aromatic nitrogens is 2. The maximum absolute atomic E-state index is 4.35. The van der Waals surface area contributed by atoms with Gasteiger partial charge in [0.1, 0.15) is 5.65 Å². The largest absolute Gasteiger partial charge is 0.369 e. The molecule has 0 aromatic carbocycles. The zero-order chi connectivity index (χ0) is 12.5. The first-order valence-corrected chi connectivity index (χ1v) is 6.63. The minimum absolute atomic E-state index is 0.555. The number of nitrogens with zero attached hydrogens (tertiary/aromatic N) is 2. The van der Waals surface area contributed by atoms with E-state index in [4.69, 9.17) is 0 Å². The van der Waals surface area contributed by atoms with Crippen molar-refractivity contribution in [3.05, 3.63) is 24.5 Å². The number of pyridine rings is 1. The maximum atomic E-state index is 4.35. The van der Waals surface area contributed by atoms with Gasteiger partial charge in [0.2, 0.25) is 0 Å². The Morgan fingerprint density at radius 3 is 3.11 bits per heavy atom. The molecule has 4 nitrogen and oxygen atoms in total. The van der Waals surface area contributed by atoms with Gasteiger partial charge in [0.05, 0.1) is 0 Å². The van der Waals surface area contributed by atoms with Gasteiger partial charge in [-0.15, -0.1) is 0 Å². The van der Waals surface area contributed by atoms with Crippen molar-refractivity contribution in [3.63, 3.8) is 0 Å². The Labute approximate surface area is 107 Å². The average Bonchev–Trinajstić information content (AvgIpc) is 2.86. The van der Waals surface area contributed by atoms with E-state index >= 15 is 0 Å². The zero-order valence-corrected chi connectivity index (χ0v) is 11.0. The highest BCUT2D eigenvalue weighted by Gasteiger charge is 2.25. The Morgan fingerprint density at radius 1 is 1.39 bits per heavy atom. The second-order valence-corrected chi connectivity index (χ2v) is 5.22. The summed E-state index contributed by atoms with van der Waals surface area (Å²) in [7, 11) is 2.19. The van der Waals surface area contributed by atoms with Crippen molar-refractivity contribution >= 4 is 16.7 Å². The minimum atomic E-state index is 0.555. The molecule has 1 saturated heterocycles. The summed E-state index contributed by atoms with van der Waals surface area (Å²) in [5, 5.41) is 4.70. The predicted octanol–water partition coefficient (Wildman–Crippen LogP) is 2.00. The number of likely N-dealkylation sites (N-methyl/N-ethyl adjacent to an activating group) is 1. The lowest BCUT2D eigenvalue weighted by Gasteiger charge is -2.38. The van der Waals surface area contributed by atoms with Crippen LogP contribution in [-0.2, 0) is 0 Å². The van der Waals surface area contributed by atoms with Crippen LogP contribution in [0.2, 0.25) is 0 Å². The van der Waals surface area contributed by atoms with E-state index in [2.05, 4.69) is 46.3 Å². The minimum Gasteiger partial charge on any atom is -0.369 e. The summed E-state index contributed by atoms with van der Waals surface area (Å²) in [6, 6.07) is 4.77. The standard InChI is InChI=1S/C14H20N4/c1-10-3-6-15-9-13(10)18(2)12-5-8-17-14-11(12)4-7-16-14/h4-5,7-8,10,13,15H,3,6,9H2,1-2H3,(H,16,17)/t10-,13+/m1/s1. The van der Waals surface area contributed by atoms with Crippen LogP contribution in [-0.4, -0.2) is 36.1 Å². The molecule has 2 aromatic rings. The molecule has 1 aliphatic heterocycles. The van der Waals surface area contributed by atoms with Crippen molar-refractivity contribution in [2.75, 3.05) is 25.0 Å². The summed E-state index contributed by atoms with van der Waals surface area (Å²) in [5.41, 5.74) is 2.23. The van der Waals surface area contributed by atoms with Crippen LogP contribution in [0.1, 0.15) is 13.3 Å². The number of anilines is 1. The van der Waals surface area contributed by atoms with Crippen LogP contribution in [0, 0.1) is 5.92 Å². The van der Waals surface area contributed by atoms with Gasteiger partial charge in [-0.05, 0) is 31.0 Å². The normalized spacial score (nSPS) is 24.3. The first kappa shape index (κ1) is 11.5. The molecular weight excluding hydrogens is 224 g/mol. The highest BCUT2D eigenvalue weighted by atomic mass is 15.2. The maximum Gasteiger partial charge on any atom is 0.139 e. The Morgan fingerprint density at radius 2 is 2.28 bits per heavy atom. The molecule has 0 amide bonds. The molecule has 2 N–H and O–H groups in total. The number of hydrogen-bond donors (Lipinski definition) is 2. The Hall–Kier alpha value is -1.55. The molecule has 0 spiro atoms. The lowest BCUT2D eigenvalue weighted by atomic mass is 9.93. The van der Waals surface area contributed by atoms with Gasteiger partial charge in [-0.25, -0.2) is 4.98 Å². The molecule has 1 fully saturated rings. The summed E-state index contributed by atoms with van der Waals surface area (Å²) >= 11 is 0. The van der Waals surface area contributed by atoms with Crippen molar-refractivity contribution in [1.29, 1.82) is 0 Å². The second-order valence-electron chi connectivity index (χ2n) is 5.22. The highest BCUT2D eigenvalue weighted by Crippen LogP contribution is 2.28. The molecule has 4 heteroatoms. The second kappa shape index (κ2) is 4.61. The average molecular weight is 244 g/mol. The molecule has 18 heavy (non-hydrogen) atoms.